The minimum absolute atomic E-state index is 0.0345. The van der Waals surface area contributed by atoms with Crippen LogP contribution in [-0.4, -0.2) is 21.9 Å². The molecule has 4 rings (SSSR count). The van der Waals surface area contributed by atoms with E-state index in [0.29, 0.717) is 18.3 Å². The first kappa shape index (κ1) is 14.2. The van der Waals surface area contributed by atoms with Crippen LogP contribution in [0.1, 0.15) is 23.4 Å². The molecule has 2 N–H and O–H groups in total. The topological polar surface area (TPSA) is 84.3 Å². The van der Waals surface area contributed by atoms with Gasteiger partial charge in [-0.15, -0.1) is 0 Å². The fraction of sp³-hybridized carbons (Fsp3) is 0.294. The monoisotopic (exact) mass is 311 g/mol. The van der Waals surface area contributed by atoms with Gasteiger partial charge in [0.1, 0.15) is 6.26 Å². The smallest absolute Gasteiger partial charge is 0.240 e. The summed E-state index contributed by atoms with van der Waals surface area (Å²) in [6.07, 6.45) is 4.95. The van der Waals surface area contributed by atoms with E-state index in [1.54, 1.807) is 18.6 Å². The highest BCUT2D eigenvalue weighted by Crippen LogP contribution is 2.36. The number of aromatic nitrogens is 2. The van der Waals surface area contributed by atoms with E-state index < -0.39 is 5.54 Å². The van der Waals surface area contributed by atoms with E-state index in [1.807, 2.05) is 12.1 Å². The van der Waals surface area contributed by atoms with E-state index >= 15 is 0 Å². The predicted octanol–water partition coefficient (Wildman–Crippen LogP) is 2.25. The second-order valence-electron chi connectivity index (χ2n) is 5.77. The zero-order chi connectivity index (χ0) is 15.7. The van der Waals surface area contributed by atoms with Gasteiger partial charge in [-0.3, -0.25) is 5.32 Å². The molecular weight excluding hydrogens is 294 g/mol. The molecule has 2 heterocycles. The lowest BCUT2D eigenvalue weighted by atomic mass is 9.92. The maximum Gasteiger partial charge on any atom is 0.240 e. The second kappa shape index (κ2) is 5.64. The maximum absolute atomic E-state index is 9.96. The van der Waals surface area contributed by atoms with E-state index in [4.69, 9.17) is 8.94 Å². The van der Waals surface area contributed by atoms with Gasteiger partial charge < -0.3 is 14.0 Å². The summed E-state index contributed by atoms with van der Waals surface area (Å²) in [6, 6.07) is 9.99. The van der Waals surface area contributed by atoms with Gasteiger partial charge >= 0.3 is 0 Å². The van der Waals surface area contributed by atoms with Gasteiger partial charge in [-0.05, 0) is 30.0 Å². The van der Waals surface area contributed by atoms with Gasteiger partial charge in [0, 0.05) is 0 Å². The van der Waals surface area contributed by atoms with E-state index in [-0.39, 0.29) is 6.61 Å². The van der Waals surface area contributed by atoms with Crippen LogP contribution < -0.4 is 5.32 Å². The predicted molar refractivity (Wildman–Crippen MR) is 82.4 cm³/mol. The summed E-state index contributed by atoms with van der Waals surface area (Å²) >= 11 is 0. The van der Waals surface area contributed by atoms with Gasteiger partial charge in [0.25, 0.3) is 0 Å². The van der Waals surface area contributed by atoms with Crippen LogP contribution in [0.5, 0.6) is 0 Å². The van der Waals surface area contributed by atoms with Crippen LogP contribution in [-0.2, 0) is 18.5 Å². The minimum atomic E-state index is -0.444. The molecule has 1 aromatic carbocycles. The van der Waals surface area contributed by atoms with Crippen molar-refractivity contribution in [2.24, 2.45) is 0 Å². The summed E-state index contributed by atoms with van der Waals surface area (Å²) in [6.45, 7) is 0.437. The lowest BCUT2D eigenvalue weighted by Crippen LogP contribution is -2.43. The molecule has 0 saturated carbocycles. The van der Waals surface area contributed by atoms with Crippen LogP contribution in [0.3, 0.4) is 0 Å². The summed E-state index contributed by atoms with van der Waals surface area (Å²) in [4.78, 5) is 4.35. The Labute approximate surface area is 133 Å². The fourth-order valence-electron chi connectivity index (χ4n) is 3.17. The van der Waals surface area contributed by atoms with Crippen LogP contribution in [0.4, 0.5) is 0 Å². The van der Waals surface area contributed by atoms with E-state index in [9.17, 15) is 5.11 Å². The Bertz CT molecular complexity index is 797. The van der Waals surface area contributed by atoms with Crippen molar-refractivity contribution in [2.45, 2.75) is 24.9 Å². The molecule has 2 aromatic heterocycles. The second-order valence-corrected chi connectivity index (χ2v) is 5.77. The Morgan fingerprint density at radius 3 is 3.00 bits per heavy atom. The first-order valence-electron chi connectivity index (χ1n) is 7.60. The number of nitrogens with zero attached hydrogens (tertiary/aromatic N) is 2. The molecule has 0 fully saturated rings. The van der Waals surface area contributed by atoms with E-state index in [0.717, 1.165) is 24.0 Å². The third-order valence-corrected chi connectivity index (χ3v) is 4.45. The normalized spacial score (nSPS) is 19.9. The Morgan fingerprint density at radius 2 is 2.17 bits per heavy atom. The van der Waals surface area contributed by atoms with E-state index in [1.165, 1.54) is 5.56 Å². The number of hydrogen-bond donors (Lipinski definition) is 2. The number of aliphatic hydroxyl groups is 1. The highest BCUT2D eigenvalue weighted by Gasteiger charge is 2.37. The molecule has 0 bridgehead atoms. The highest BCUT2D eigenvalue weighted by molar-refractivity contribution is 5.51. The number of furan rings is 1. The van der Waals surface area contributed by atoms with Crippen LogP contribution >= 0.6 is 0 Å². The van der Waals surface area contributed by atoms with Gasteiger partial charge in [-0.25, -0.2) is 0 Å². The molecule has 1 atom stereocenters. The number of fused-ring (bicyclic) bond motifs is 1. The first-order valence-corrected chi connectivity index (χ1v) is 7.60. The molecule has 6 heteroatoms. The molecule has 0 saturated heterocycles. The molecule has 0 amide bonds. The van der Waals surface area contributed by atoms with Gasteiger partial charge in [-0.2, -0.15) is 4.98 Å². The Hall–Kier alpha value is -2.44. The third-order valence-electron chi connectivity index (χ3n) is 4.45. The standard InChI is InChI=1S/C17H17N3O3/c21-11-17(7-5-12-3-1-2-4-14(12)17)18-9-15-19-16(20-23-15)13-6-8-22-10-13/h1-4,6,8,10,18,21H,5,7,9,11H2. The summed E-state index contributed by atoms with van der Waals surface area (Å²) in [7, 11) is 0. The fourth-order valence-corrected chi connectivity index (χ4v) is 3.17. The number of aryl methyl sites for hydroxylation is 1. The van der Waals surface area contributed by atoms with Gasteiger partial charge in [0.15, 0.2) is 0 Å². The summed E-state index contributed by atoms with van der Waals surface area (Å²) in [5, 5.41) is 17.3. The van der Waals surface area contributed by atoms with Crippen LogP contribution in [0.25, 0.3) is 11.4 Å². The van der Waals surface area contributed by atoms with Crippen molar-refractivity contribution in [2.75, 3.05) is 6.61 Å². The molecular formula is C17H17N3O3. The van der Waals surface area contributed by atoms with Crippen LogP contribution in [0.2, 0.25) is 0 Å². The van der Waals surface area contributed by atoms with Gasteiger partial charge in [0.2, 0.25) is 11.7 Å². The van der Waals surface area contributed by atoms with Crippen LogP contribution in [0, 0.1) is 0 Å². The van der Waals surface area contributed by atoms with Crippen molar-refractivity contribution >= 4 is 0 Å². The molecule has 0 aliphatic heterocycles. The lowest BCUT2D eigenvalue weighted by Gasteiger charge is -2.29. The average Bonchev–Trinajstić information content (AvgIpc) is 3.32. The number of hydrogen-bond acceptors (Lipinski definition) is 6. The maximum atomic E-state index is 9.96. The van der Waals surface area contributed by atoms with E-state index in [2.05, 4.69) is 27.6 Å². The SMILES string of the molecule is OCC1(NCc2nc(-c3ccoc3)no2)CCc2ccccc21. The third kappa shape index (κ3) is 2.46. The average molecular weight is 311 g/mol. The molecule has 1 aliphatic rings. The highest BCUT2D eigenvalue weighted by atomic mass is 16.5. The summed E-state index contributed by atoms with van der Waals surface area (Å²) < 4.78 is 10.3. The molecule has 118 valence electrons. The van der Waals surface area contributed by atoms with Crippen molar-refractivity contribution in [1.82, 2.24) is 15.5 Å². The number of rotatable bonds is 5. The van der Waals surface area contributed by atoms with Crippen molar-refractivity contribution in [3.8, 4) is 11.4 Å². The van der Waals surface area contributed by atoms with Crippen LogP contribution in [0.15, 0.2) is 51.8 Å². The largest absolute Gasteiger partial charge is 0.472 e. The zero-order valence-electron chi connectivity index (χ0n) is 12.5. The molecule has 6 nitrogen and oxygen atoms in total. The van der Waals surface area contributed by atoms with Gasteiger partial charge in [-0.1, -0.05) is 29.4 Å². The molecule has 1 aliphatic carbocycles. The summed E-state index contributed by atoms with van der Waals surface area (Å²) in [5.74, 6) is 0.985. The lowest BCUT2D eigenvalue weighted by molar-refractivity contribution is 0.154. The number of aliphatic hydroxyl groups excluding tert-OH is 1. The van der Waals surface area contributed by atoms with Crippen molar-refractivity contribution in [1.29, 1.82) is 0 Å². The summed E-state index contributed by atoms with van der Waals surface area (Å²) in [5.41, 5.74) is 2.76. The Kier molecular flexibility index (Phi) is 3.48. The Morgan fingerprint density at radius 1 is 1.26 bits per heavy atom. The number of nitrogens with one attached hydrogen (secondary N) is 1. The molecule has 23 heavy (non-hydrogen) atoms. The van der Waals surface area contributed by atoms with Crippen molar-refractivity contribution in [3.05, 3.63) is 59.9 Å². The van der Waals surface area contributed by atoms with Crippen molar-refractivity contribution in [3.63, 3.8) is 0 Å². The van der Waals surface area contributed by atoms with Crippen molar-refractivity contribution < 1.29 is 14.0 Å². The Balaban J connectivity index is 1.52. The molecule has 3 aromatic rings. The zero-order valence-corrected chi connectivity index (χ0v) is 12.5. The number of benzene rings is 1. The first-order chi connectivity index (χ1) is 11.3. The molecule has 0 spiro atoms. The van der Waals surface area contributed by atoms with Gasteiger partial charge in [0.05, 0.1) is 30.5 Å². The minimum Gasteiger partial charge on any atom is -0.472 e. The molecule has 0 radical (unpaired) electrons. The molecule has 1 unspecified atom stereocenters. The quantitative estimate of drug-likeness (QED) is 0.752.